The van der Waals surface area contributed by atoms with E-state index in [4.69, 9.17) is 9.84 Å². The fraction of sp³-hybridized carbons (Fsp3) is 0.500. The number of carbonyl (C=O) groups is 3. The molecule has 0 aromatic heterocycles. The van der Waals surface area contributed by atoms with Crippen LogP contribution in [-0.4, -0.2) is 42.1 Å². The molecule has 2 rings (SSSR count). The highest BCUT2D eigenvalue weighted by molar-refractivity contribution is 6.01. The van der Waals surface area contributed by atoms with Crippen LogP contribution in [0.1, 0.15) is 27.2 Å². The summed E-state index contributed by atoms with van der Waals surface area (Å²) in [5.41, 5.74) is 0.650. The lowest BCUT2D eigenvalue weighted by atomic mass is 10.0. The van der Waals surface area contributed by atoms with E-state index < -0.39 is 23.8 Å². The van der Waals surface area contributed by atoms with Crippen molar-refractivity contribution < 1.29 is 24.2 Å². The van der Waals surface area contributed by atoms with Crippen molar-refractivity contribution in [3.05, 3.63) is 24.3 Å². The van der Waals surface area contributed by atoms with Crippen molar-refractivity contribution in [3.63, 3.8) is 0 Å². The van der Waals surface area contributed by atoms with Crippen LogP contribution < -0.4 is 15.0 Å². The fourth-order valence-electron chi connectivity index (χ4n) is 2.75. The molecule has 25 heavy (non-hydrogen) atoms. The van der Waals surface area contributed by atoms with E-state index in [0.717, 1.165) is 0 Å². The fourth-order valence-corrected chi connectivity index (χ4v) is 2.75. The number of nitrogens with zero attached hydrogens (tertiary/aromatic N) is 1. The molecule has 1 heterocycles. The standard InChI is InChI=1S/C18H24N2O5/c1-4-25-15-8-6-5-7-14(15)20-10-13(9-16(20)21)17(22)19-12(3)11(2)18(23)24/h5-8,11-13H,4,9-10H2,1-3H3,(H,19,22)(H,23,24). The monoisotopic (exact) mass is 348 g/mol. The van der Waals surface area contributed by atoms with Gasteiger partial charge in [0.05, 0.1) is 24.1 Å². The molecular formula is C18H24N2O5. The molecule has 1 aliphatic rings. The van der Waals surface area contributed by atoms with Crippen LogP contribution in [0.15, 0.2) is 24.3 Å². The zero-order valence-electron chi connectivity index (χ0n) is 14.7. The van der Waals surface area contributed by atoms with Gasteiger partial charge in [-0.3, -0.25) is 14.4 Å². The number of ether oxygens (including phenoxy) is 1. The van der Waals surface area contributed by atoms with Crippen molar-refractivity contribution in [2.24, 2.45) is 11.8 Å². The smallest absolute Gasteiger partial charge is 0.308 e. The molecule has 1 aromatic rings. The van der Waals surface area contributed by atoms with Gasteiger partial charge >= 0.3 is 5.97 Å². The maximum absolute atomic E-state index is 12.4. The second-order valence-corrected chi connectivity index (χ2v) is 6.23. The number of anilines is 1. The molecule has 0 radical (unpaired) electrons. The number of benzene rings is 1. The van der Waals surface area contributed by atoms with Gasteiger partial charge in [0.25, 0.3) is 0 Å². The lowest BCUT2D eigenvalue weighted by Gasteiger charge is -2.21. The van der Waals surface area contributed by atoms with E-state index in [2.05, 4.69) is 5.32 Å². The van der Waals surface area contributed by atoms with Crippen LogP contribution in [0.25, 0.3) is 0 Å². The summed E-state index contributed by atoms with van der Waals surface area (Å²) in [5, 5.41) is 11.7. The van der Waals surface area contributed by atoms with Crippen LogP contribution in [0.5, 0.6) is 5.75 Å². The Hall–Kier alpha value is -2.57. The summed E-state index contributed by atoms with van der Waals surface area (Å²) in [6.07, 6.45) is 0.0977. The molecule has 2 N–H and O–H groups in total. The Bertz CT molecular complexity index is 661. The number of hydrogen-bond donors (Lipinski definition) is 2. The second-order valence-electron chi connectivity index (χ2n) is 6.23. The topological polar surface area (TPSA) is 95.9 Å². The third kappa shape index (κ3) is 4.29. The second kappa shape index (κ2) is 8.00. The van der Waals surface area contributed by atoms with Crippen LogP contribution in [-0.2, 0) is 14.4 Å². The molecule has 1 fully saturated rings. The van der Waals surface area contributed by atoms with Crippen molar-refractivity contribution in [2.45, 2.75) is 33.2 Å². The summed E-state index contributed by atoms with van der Waals surface area (Å²) in [5.74, 6) is -2.02. The number of carboxylic acids is 1. The van der Waals surface area contributed by atoms with Crippen molar-refractivity contribution in [2.75, 3.05) is 18.1 Å². The molecule has 1 aromatic carbocycles. The van der Waals surface area contributed by atoms with Gasteiger partial charge in [-0.15, -0.1) is 0 Å². The van der Waals surface area contributed by atoms with Crippen molar-refractivity contribution in [1.29, 1.82) is 0 Å². The highest BCUT2D eigenvalue weighted by Crippen LogP contribution is 2.33. The van der Waals surface area contributed by atoms with Gasteiger partial charge in [-0.1, -0.05) is 12.1 Å². The molecule has 0 saturated carbocycles. The van der Waals surface area contributed by atoms with Gasteiger partial charge in [0.1, 0.15) is 5.75 Å². The average Bonchev–Trinajstić information content (AvgIpc) is 2.96. The molecule has 136 valence electrons. The lowest BCUT2D eigenvalue weighted by molar-refractivity contribution is -0.142. The maximum Gasteiger partial charge on any atom is 0.308 e. The minimum Gasteiger partial charge on any atom is -0.492 e. The molecule has 3 unspecified atom stereocenters. The van der Waals surface area contributed by atoms with E-state index in [-0.39, 0.29) is 24.8 Å². The summed E-state index contributed by atoms with van der Waals surface area (Å²) in [6, 6.07) is 6.71. The number of carboxylic acid groups (broad SMARTS) is 1. The Kier molecular flexibility index (Phi) is 6.01. The quantitative estimate of drug-likeness (QED) is 0.781. The molecule has 0 aliphatic carbocycles. The Morgan fingerprint density at radius 3 is 2.68 bits per heavy atom. The number of aliphatic carboxylic acids is 1. The molecule has 0 bridgehead atoms. The minimum absolute atomic E-state index is 0.0977. The summed E-state index contributed by atoms with van der Waals surface area (Å²) in [6.45, 7) is 5.79. The summed E-state index contributed by atoms with van der Waals surface area (Å²) < 4.78 is 5.56. The first-order valence-corrected chi connectivity index (χ1v) is 8.40. The minimum atomic E-state index is -0.970. The molecule has 3 atom stereocenters. The predicted octanol–water partition coefficient (Wildman–Crippen LogP) is 1.66. The van der Waals surface area contributed by atoms with E-state index in [1.54, 1.807) is 24.0 Å². The summed E-state index contributed by atoms with van der Waals surface area (Å²) >= 11 is 0. The first-order valence-electron chi connectivity index (χ1n) is 8.40. The molecule has 7 heteroatoms. The highest BCUT2D eigenvalue weighted by Gasteiger charge is 2.37. The van der Waals surface area contributed by atoms with E-state index in [1.165, 1.54) is 6.92 Å². The van der Waals surface area contributed by atoms with Gasteiger partial charge in [0.2, 0.25) is 11.8 Å². The number of carbonyl (C=O) groups excluding carboxylic acids is 2. The van der Waals surface area contributed by atoms with Gasteiger partial charge in [0, 0.05) is 19.0 Å². The lowest BCUT2D eigenvalue weighted by Crippen LogP contribution is -2.43. The Labute approximate surface area is 147 Å². The van der Waals surface area contributed by atoms with Gasteiger partial charge in [-0.25, -0.2) is 0 Å². The summed E-state index contributed by atoms with van der Waals surface area (Å²) in [7, 11) is 0. The maximum atomic E-state index is 12.4. The molecular weight excluding hydrogens is 324 g/mol. The zero-order chi connectivity index (χ0) is 18.6. The zero-order valence-corrected chi connectivity index (χ0v) is 14.7. The average molecular weight is 348 g/mol. The number of para-hydroxylation sites is 2. The van der Waals surface area contributed by atoms with Crippen molar-refractivity contribution in [3.8, 4) is 5.75 Å². The molecule has 7 nitrogen and oxygen atoms in total. The molecule has 1 saturated heterocycles. The van der Waals surface area contributed by atoms with Crippen LogP contribution in [0.2, 0.25) is 0 Å². The molecule has 1 aliphatic heterocycles. The van der Waals surface area contributed by atoms with E-state index in [9.17, 15) is 14.4 Å². The Morgan fingerprint density at radius 2 is 2.04 bits per heavy atom. The number of nitrogens with one attached hydrogen (secondary N) is 1. The van der Waals surface area contributed by atoms with Crippen LogP contribution in [0.3, 0.4) is 0 Å². The number of hydrogen-bond acceptors (Lipinski definition) is 4. The van der Waals surface area contributed by atoms with E-state index >= 15 is 0 Å². The van der Waals surface area contributed by atoms with Crippen molar-refractivity contribution >= 4 is 23.5 Å². The SMILES string of the molecule is CCOc1ccccc1N1CC(C(=O)NC(C)C(C)C(=O)O)CC1=O. The van der Waals surface area contributed by atoms with Gasteiger partial charge in [0.15, 0.2) is 0 Å². The highest BCUT2D eigenvalue weighted by atomic mass is 16.5. The molecule has 2 amide bonds. The van der Waals surface area contributed by atoms with Gasteiger partial charge < -0.3 is 20.1 Å². The van der Waals surface area contributed by atoms with Crippen LogP contribution in [0, 0.1) is 11.8 Å². The van der Waals surface area contributed by atoms with Crippen LogP contribution >= 0.6 is 0 Å². The van der Waals surface area contributed by atoms with Gasteiger partial charge in [-0.2, -0.15) is 0 Å². The van der Waals surface area contributed by atoms with Gasteiger partial charge in [-0.05, 0) is 32.9 Å². The largest absolute Gasteiger partial charge is 0.492 e. The first-order chi connectivity index (χ1) is 11.8. The number of amides is 2. The van der Waals surface area contributed by atoms with E-state index in [0.29, 0.717) is 18.0 Å². The van der Waals surface area contributed by atoms with Crippen molar-refractivity contribution in [1.82, 2.24) is 5.32 Å². The molecule has 0 spiro atoms. The Morgan fingerprint density at radius 1 is 1.36 bits per heavy atom. The Balaban J connectivity index is 2.07. The number of rotatable bonds is 7. The first kappa shape index (κ1) is 18.8. The third-order valence-electron chi connectivity index (χ3n) is 4.46. The van der Waals surface area contributed by atoms with E-state index in [1.807, 2.05) is 19.1 Å². The predicted molar refractivity (Wildman–Crippen MR) is 92.5 cm³/mol. The third-order valence-corrected chi connectivity index (χ3v) is 4.46. The normalized spacial score (nSPS) is 19.4. The van der Waals surface area contributed by atoms with Crippen LogP contribution in [0.4, 0.5) is 5.69 Å². The summed E-state index contributed by atoms with van der Waals surface area (Å²) in [4.78, 5) is 37.3.